The van der Waals surface area contributed by atoms with Gasteiger partial charge < -0.3 is 10.1 Å². The number of hydrogen-bond acceptors (Lipinski definition) is 5. The molecule has 0 saturated carbocycles. The number of carbonyl (C=O) groups is 2. The molecule has 106 valence electrons. The number of aryl methyl sites for hydroxylation is 1. The van der Waals surface area contributed by atoms with Crippen molar-refractivity contribution in [3.8, 4) is 0 Å². The SMILES string of the molecule is CCn1cc(NC(=O)c2[nH]ncc2I)c(C(=O)OC)n1. The summed E-state index contributed by atoms with van der Waals surface area (Å²) in [5.41, 5.74) is 0.692. The molecule has 0 radical (unpaired) electrons. The van der Waals surface area contributed by atoms with Gasteiger partial charge in [0.15, 0.2) is 5.69 Å². The largest absolute Gasteiger partial charge is 0.464 e. The maximum Gasteiger partial charge on any atom is 0.360 e. The van der Waals surface area contributed by atoms with Gasteiger partial charge in [0.05, 0.1) is 22.6 Å². The average Bonchev–Trinajstić information content (AvgIpc) is 3.04. The summed E-state index contributed by atoms with van der Waals surface area (Å²) in [5, 5.41) is 13.1. The number of aromatic nitrogens is 4. The van der Waals surface area contributed by atoms with Crippen LogP contribution in [0.5, 0.6) is 0 Å². The van der Waals surface area contributed by atoms with Gasteiger partial charge in [0.25, 0.3) is 5.91 Å². The predicted octanol–water partition coefficient (Wildman–Crippen LogP) is 1.27. The van der Waals surface area contributed by atoms with Crippen molar-refractivity contribution in [1.82, 2.24) is 20.0 Å². The van der Waals surface area contributed by atoms with E-state index in [0.29, 0.717) is 21.5 Å². The standard InChI is InChI=1S/C11H12IN5O3/c1-3-17-5-7(9(16-17)11(19)20-2)14-10(18)8-6(12)4-13-15-8/h4-5H,3H2,1-2H3,(H,13,15)(H,14,18). The van der Waals surface area contributed by atoms with Crippen LogP contribution in [0.15, 0.2) is 12.4 Å². The molecule has 0 aliphatic heterocycles. The predicted molar refractivity (Wildman–Crippen MR) is 78.5 cm³/mol. The molecule has 0 bridgehead atoms. The van der Waals surface area contributed by atoms with Crippen molar-refractivity contribution in [3.63, 3.8) is 0 Å². The number of rotatable bonds is 4. The zero-order valence-corrected chi connectivity index (χ0v) is 13.0. The van der Waals surface area contributed by atoms with Crippen LogP contribution in [0.3, 0.4) is 0 Å². The fourth-order valence-electron chi connectivity index (χ4n) is 1.54. The van der Waals surface area contributed by atoms with Crippen LogP contribution in [0.1, 0.15) is 27.9 Å². The zero-order valence-electron chi connectivity index (χ0n) is 10.8. The van der Waals surface area contributed by atoms with Crippen LogP contribution < -0.4 is 5.32 Å². The molecular formula is C11H12IN5O3. The summed E-state index contributed by atoms with van der Waals surface area (Å²) >= 11 is 1.99. The minimum absolute atomic E-state index is 0.0669. The van der Waals surface area contributed by atoms with Gasteiger partial charge in [-0.2, -0.15) is 10.2 Å². The molecule has 2 heterocycles. The van der Waals surface area contributed by atoms with E-state index in [1.165, 1.54) is 13.3 Å². The topological polar surface area (TPSA) is 102 Å². The number of amides is 1. The number of carbonyl (C=O) groups excluding carboxylic acids is 2. The van der Waals surface area contributed by atoms with E-state index in [0.717, 1.165) is 0 Å². The summed E-state index contributed by atoms with van der Waals surface area (Å²) in [5.74, 6) is -1.00. The molecule has 8 nitrogen and oxygen atoms in total. The van der Waals surface area contributed by atoms with Crippen LogP contribution in [-0.4, -0.2) is 39.0 Å². The quantitative estimate of drug-likeness (QED) is 0.606. The number of esters is 1. The molecule has 2 aromatic heterocycles. The number of aromatic amines is 1. The van der Waals surface area contributed by atoms with E-state index >= 15 is 0 Å². The smallest absolute Gasteiger partial charge is 0.360 e. The van der Waals surface area contributed by atoms with Gasteiger partial charge >= 0.3 is 5.97 Å². The van der Waals surface area contributed by atoms with Gasteiger partial charge in [-0.05, 0) is 29.5 Å². The van der Waals surface area contributed by atoms with E-state index in [-0.39, 0.29) is 5.69 Å². The number of methoxy groups -OCH3 is 1. The van der Waals surface area contributed by atoms with Crippen LogP contribution in [0.2, 0.25) is 0 Å². The first-order chi connectivity index (χ1) is 9.56. The molecule has 2 N–H and O–H groups in total. The fraction of sp³-hybridized carbons (Fsp3) is 0.273. The Labute approximate surface area is 128 Å². The monoisotopic (exact) mass is 389 g/mol. The van der Waals surface area contributed by atoms with Crippen LogP contribution in [0.25, 0.3) is 0 Å². The number of nitrogens with one attached hydrogen (secondary N) is 2. The lowest BCUT2D eigenvalue weighted by molar-refractivity contribution is 0.0594. The van der Waals surface area contributed by atoms with Crippen LogP contribution >= 0.6 is 22.6 Å². The first-order valence-corrected chi connectivity index (χ1v) is 6.80. The third-order valence-corrected chi connectivity index (χ3v) is 3.35. The highest BCUT2D eigenvalue weighted by molar-refractivity contribution is 14.1. The number of hydrogen-bond donors (Lipinski definition) is 2. The molecule has 0 atom stereocenters. The van der Waals surface area contributed by atoms with Gasteiger partial charge in [0.1, 0.15) is 5.69 Å². The molecule has 2 rings (SSSR count). The van der Waals surface area contributed by atoms with Gasteiger partial charge in [-0.25, -0.2) is 4.79 Å². The minimum Gasteiger partial charge on any atom is -0.464 e. The lowest BCUT2D eigenvalue weighted by Crippen LogP contribution is -2.16. The van der Waals surface area contributed by atoms with Crippen molar-refractivity contribution in [3.05, 3.63) is 27.4 Å². The molecule has 0 fully saturated rings. The fourth-order valence-corrected chi connectivity index (χ4v) is 2.04. The summed E-state index contributed by atoms with van der Waals surface area (Å²) in [6.45, 7) is 2.44. The second-order valence-corrected chi connectivity index (χ2v) is 4.95. The molecule has 0 aliphatic carbocycles. The second-order valence-electron chi connectivity index (χ2n) is 3.79. The highest BCUT2D eigenvalue weighted by Crippen LogP contribution is 2.17. The Hall–Kier alpha value is -1.91. The second kappa shape index (κ2) is 6.03. The Morgan fingerprint density at radius 3 is 2.85 bits per heavy atom. The molecule has 0 aromatic carbocycles. The first kappa shape index (κ1) is 14.5. The van der Waals surface area contributed by atoms with E-state index in [1.54, 1.807) is 10.9 Å². The van der Waals surface area contributed by atoms with E-state index < -0.39 is 11.9 Å². The number of ether oxygens (including phenoxy) is 1. The Balaban J connectivity index is 2.29. The molecule has 9 heteroatoms. The van der Waals surface area contributed by atoms with Gasteiger partial charge in [0.2, 0.25) is 0 Å². The number of halogens is 1. The summed E-state index contributed by atoms with van der Waals surface area (Å²) in [6, 6.07) is 0. The Bertz CT molecular complexity index is 648. The van der Waals surface area contributed by atoms with Gasteiger partial charge in [-0.15, -0.1) is 0 Å². The van der Waals surface area contributed by atoms with Crippen molar-refractivity contribution in [2.24, 2.45) is 0 Å². The average molecular weight is 389 g/mol. The summed E-state index contributed by atoms with van der Waals surface area (Å²) in [4.78, 5) is 23.7. The molecule has 0 unspecified atom stereocenters. The van der Waals surface area contributed by atoms with Crippen LogP contribution in [-0.2, 0) is 11.3 Å². The van der Waals surface area contributed by atoms with Gasteiger partial charge in [0, 0.05) is 12.7 Å². The highest BCUT2D eigenvalue weighted by Gasteiger charge is 2.21. The number of H-pyrrole nitrogens is 1. The van der Waals surface area contributed by atoms with E-state index in [1.807, 2.05) is 29.5 Å². The lowest BCUT2D eigenvalue weighted by atomic mass is 10.3. The van der Waals surface area contributed by atoms with Gasteiger partial charge in [-0.3, -0.25) is 14.6 Å². The first-order valence-electron chi connectivity index (χ1n) is 5.72. The third-order valence-electron chi connectivity index (χ3n) is 2.53. The molecule has 20 heavy (non-hydrogen) atoms. The highest BCUT2D eigenvalue weighted by atomic mass is 127. The van der Waals surface area contributed by atoms with Crippen molar-refractivity contribution in [2.75, 3.05) is 12.4 Å². The van der Waals surface area contributed by atoms with E-state index in [9.17, 15) is 9.59 Å². The van der Waals surface area contributed by atoms with E-state index in [4.69, 9.17) is 0 Å². The van der Waals surface area contributed by atoms with Crippen LogP contribution in [0, 0.1) is 3.57 Å². The molecule has 0 spiro atoms. The normalized spacial score (nSPS) is 10.3. The van der Waals surface area contributed by atoms with Crippen molar-refractivity contribution in [1.29, 1.82) is 0 Å². The van der Waals surface area contributed by atoms with Crippen LogP contribution in [0.4, 0.5) is 5.69 Å². The zero-order chi connectivity index (χ0) is 14.7. The molecule has 0 aliphatic rings. The summed E-state index contributed by atoms with van der Waals surface area (Å²) in [6.07, 6.45) is 3.11. The maximum atomic E-state index is 12.1. The summed E-state index contributed by atoms with van der Waals surface area (Å²) in [7, 11) is 1.26. The summed E-state index contributed by atoms with van der Waals surface area (Å²) < 4.78 is 6.87. The van der Waals surface area contributed by atoms with E-state index in [2.05, 4.69) is 25.3 Å². The minimum atomic E-state index is -0.605. The molecule has 1 amide bonds. The molecule has 2 aromatic rings. The lowest BCUT2D eigenvalue weighted by Gasteiger charge is -2.02. The Morgan fingerprint density at radius 2 is 2.30 bits per heavy atom. The van der Waals surface area contributed by atoms with Gasteiger partial charge in [-0.1, -0.05) is 0 Å². The Kier molecular flexibility index (Phi) is 4.37. The number of nitrogens with zero attached hydrogens (tertiary/aromatic N) is 3. The third kappa shape index (κ3) is 2.81. The van der Waals surface area contributed by atoms with Crippen molar-refractivity contribution >= 4 is 40.2 Å². The Morgan fingerprint density at radius 1 is 1.55 bits per heavy atom. The molecular weight excluding hydrogens is 377 g/mol. The van der Waals surface area contributed by atoms with Crippen molar-refractivity contribution < 1.29 is 14.3 Å². The maximum absolute atomic E-state index is 12.1. The number of anilines is 1. The molecule has 0 saturated heterocycles. The van der Waals surface area contributed by atoms with Crippen molar-refractivity contribution in [2.45, 2.75) is 13.5 Å².